The number of fused-ring (bicyclic) bond motifs is 5. The second-order valence-electron chi connectivity index (χ2n) is 12.9. The van der Waals surface area contributed by atoms with E-state index < -0.39 is 0 Å². The van der Waals surface area contributed by atoms with E-state index in [1.54, 1.807) is 0 Å². The molecule has 0 aromatic heterocycles. The van der Waals surface area contributed by atoms with Gasteiger partial charge >= 0.3 is 0 Å². The highest BCUT2D eigenvalue weighted by atomic mass is 16.1. The van der Waals surface area contributed by atoms with Gasteiger partial charge in [-0.15, -0.1) is 0 Å². The van der Waals surface area contributed by atoms with Crippen LogP contribution in [-0.4, -0.2) is 5.78 Å². The van der Waals surface area contributed by atoms with E-state index in [9.17, 15) is 4.79 Å². The number of ketones is 1. The lowest BCUT2D eigenvalue weighted by molar-refractivity contribution is -0.150. The first-order chi connectivity index (χ1) is 13.7. The van der Waals surface area contributed by atoms with Gasteiger partial charge < -0.3 is 0 Å². The third kappa shape index (κ3) is 3.55. The fraction of sp³-hybridized carbons (Fsp3) is 0.964. The first kappa shape index (κ1) is 21.9. The van der Waals surface area contributed by atoms with Gasteiger partial charge in [0.15, 0.2) is 0 Å². The molecule has 9 atom stereocenters. The molecular weight excluding hydrogens is 352 g/mol. The summed E-state index contributed by atoms with van der Waals surface area (Å²) in [6.07, 6.45) is 14.9. The minimum absolute atomic E-state index is 0.320. The zero-order valence-corrected chi connectivity index (χ0v) is 20.3. The molecule has 29 heavy (non-hydrogen) atoms. The number of Topliss-reactive ketones (excluding diaryl/α,β-unsaturated/α-hetero) is 1. The van der Waals surface area contributed by atoms with Gasteiger partial charge in [-0.3, -0.25) is 4.79 Å². The summed E-state index contributed by atoms with van der Waals surface area (Å²) in [5.74, 6) is 7.06. The fourth-order valence-electron chi connectivity index (χ4n) is 9.55. The highest BCUT2D eigenvalue weighted by molar-refractivity contribution is 5.82. The second kappa shape index (κ2) is 7.98. The van der Waals surface area contributed by atoms with E-state index in [4.69, 9.17) is 0 Å². The predicted molar refractivity (Wildman–Crippen MR) is 123 cm³/mol. The van der Waals surface area contributed by atoms with Gasteiger partial charge in [-0.1, -0.05) is 60.8 Å². The first-order valence-electron chi connectivity index (χ1n) is 13.2. The largest absolute Gasteiger partial charge is 0.299 e. The first-order valence-corrected chi connectivity index (χ1v) is 13.2. The average molecular weight is 401 g/mol. The van der Waals surface area contributed by atoms with Crippen LogP contribution in [0.5, 0.6) is 0 Å². The summed E-state index contributed by atoms with van der Waals surface area (Å²) in [4.78, 5) is 12.4. The van der Waals surface area contributed by atoms with Gasteiger partial charge in [-0.2, -0.15) is 0 Å². The highest BCUT2D eigenvalue weighted by Gasteiger charge is 2.61. The highest BCUT2D eigenvalue weighted by Crippen LogP contribution is 2.68. The third-order valence-electron chi connectivity index (χ3n) is 11.2. The predicted octanol–water partition coefficient (Wildman–Crippen LogP) is 7.92. The summed E-state index contributed by atoms with van der Waals surface area (Å²) in [5.41, 5.74) is 1.04. The average Bonchev–Trinajstić information content (AvgIpc) is 3.02. The molecule has 1 nitrogen and oxygen atoms in total. The molecule has 0 aliphatic heterocycles. The van der Waals surface area contributed by atoms with Crippen molar-refractivity contribution >= 4 is 5.78 Å². The Balaban J connectivity index is 1.48. The molecule has 0 amide bonds. The standard InChI is InChI=1S/C28H48O/c1-18(2)8-7-9-19(3)22-12-13-24-21-10-11-23-20(4)26(29)15-17-28(23,6)25(21)14-16-27(22,24)5/h18-25H,7-17H2,1-6H3. The maximum absolute atomic E-state index is 12.4. The molecule has 0 bridgehead atoms. The SMILES string of the molecule is CC(C)CCCC(C)C1CCC2C3CCC4C(C)C(=O)CCC4(C)C3CCC12C. The van der Waals surface area contributed by atoms with Crippen molar-refractivity contribution in [2.24, 2.45) is 58.2 Å². The van der Waals surface area contributed by atoms with Crippen LogP contribution in [-0.2, 0) is 4.79 Å². The Morgan fingerprint density at radius 2 is 1.55 bits per heavy atom. The van der Waals surface area contributed by atoms with Crippen molar-refractivity contribution in [2.45, 2.75) is 112 Å². The summed E-state index contributed by atoms with van der Waals surface area (Å²) in [5, 5.41) is 0. The van der Waals surface area contributed by atoms with E-state index in [0.717, 1.165) is 41.9 Å². The van der Waals surface area contributed by atoms with Crippen LogP contribution in [0.15, 0.2) is 0 Å². The summed E-state index contributed by atoms with van der Waals surface area (Å²) in [6, 6.07) is 0. The smallest absolute Gasteiger partial charge is 0.136 e. The Bertz CT molecular complexity index is 607. The van der Waals surface area contributed by atoms with Gasteiger partial charge in [0.1, 0.15) is 5.78 Å². The molecule has 0 saturated heterocycles. The Morgan fingerprint density at radius 1 is 0.862 bits per heavy atom. The molecule has 9 unspecified atom stereocenters. The minimum Gasteiger partial charge on any atom is -0.299 e. The van der Waals surface area contributed by atoms with Crippen molar-refractivity contribution in [3.63, 3.8) is 0 Å². The number of carbonyl (C=O) groups is 1. The van der Waals surface area contributed by atoms with Crippen LogP contribution in [0, 0.1) is 58.2 Å². The lowest BCUT2D eigenvalue weighted by atomic mass is 9.43. The van der Waals surface area contributed by atoms with E-state index in [0.29, 0.717) is 28.4 Å². The van der Waals surface area contributed by atoms with Gasteiger partial charge in [0.25, 0.3) is 0 Å². The van der Waals surface area contributed by atoms with Gasteiger partial charge in [-0.25, -0.2) is 0 Å². The van der Waals surface area contributed by atoms with Crippen molar-refractivity contribution < 1.29 is 4.79 Å². The maximum atomic E-state index is 12.4. The molecule has 4 aliphatic rings. The number of hydrogen-bond acceptors (Lipinski definition) is 1. The lowest BCUT2D eigenvalue weighted by Gasteiger charge is -2.61. The summed E-state index contributed by atoms with van der Waals surface area (Å²) >= 11 is 0. The van der Waals surface area contributed by atoms with E-state index >= 15 is 0 Å². The quantitative estimate of drug-likeness (QED) is 0.458. The molecule has 0 radical (unpaired) electrons. The van der Waals surface area contributed by atoms with Crippen LogP contribution in [0.3, 0.4) is 0 Å². The summed E-state index contributed by atoms with van der Waals surface area (Å²) in [6.45, 7) is 14.9. The van der Waals surface area contributed by atoms with Crippen LogP contribution in [0.1, 0.15) is 112 Å². The van der Waals surface area contributed by atoms with Gasteiger partial charge in [0.05, 0.1) is 0 Å². The number of hydrogen-bond donors (Lipinski definition) is 0. The molecule has 4 saturated carbocycles. The van der Waals surface area contributed by atoms with Crippen LogP contribution < -0.4 is 0 Å². The zero-order chi connectivity index (χ0) is 21.0. The normalized spacial score (nSPS) is 48.2. The maximum Gasteiger partial charge on any atom is 0.136 e. The molecule has 0 spiro atoms. The number of carbonyl (C=O) groups excluding carboxylic acids is 1. The van der Waals surface area contributed by atoms with E-state index in [1.807, 2.05) is 0 Å². The monoisotopic (exact) mass is 400 g/mol. The molecule has 4 rings (SSSR count). The van der Waals surface area contributed by atoms with Crippen LogP contribution in [0.25, 0.3) is 0 Å². The zero-order valence-electron chi connectivity index (χ0n) is 20.3. The molecule has 4 aliphatic carbocycles. The van der Waals surface area contributed by atoms with E-state index in [1.165, 1.54) is 64.2 Å². The van der Waals surface area contributed by atoms with Gasteiger partial charge in [0, 0.05) is 12.3 Å². The van der Waals surface area contributed by atoms with Gasteiger partial charge in [-0.05, 0) is 97.2 Å². The Kier molecular flexibility index (Phi) is 6.02. The Hall–Kier alpha value is -0.330. The molecular formula is C28H48O. The Morgan fingerprint density at radius 3 is 2.28 bits per heavy atom. The molecule has 0 aromatic carbocycles. The van der Waals surface area contributed by atoms with Crippen molar-refractivity contribution in [3.8, 4) is 0 Å². The second-order valence-corrected chi connectivity index (χ2v) is 12.9. The van der Waals surface area contributed by atoms with Crippen molar-refractivity contribution in [3.05, 3.63) is 0 Å². The molecule has 0 N–H and O–H groups in total. The van der Waals surface area contributed by atoms with E-state index in [-0.39, 0.29) is 0 Å². The van der Waals surface area contributed by atoms with Crippen LogP contribution in [0.2, 0.25) is 0 Å². The topological polar surface area (TPSA) is 17.1 Å². The van der Waals surface area contributed by atoms with E-state index in [2.05, 4.69) is 41.5 Å². The molecule has 1 heteroatoms. The Labute approximate surface area is 181 Å². The molecule has 0 aromatic rings. The van der Waals surface area contributed by atoms with Crippen LogP contribution >= 0.6 is 0 Å². The van der Waals surface area contributed by atoms with Crippen molar-refractivity contribution in [1.29, 1.82) is 0 Å². The van der Waals surface area contributed by atoms with Gasteiger partial charge in [0.2, 0.25) is 0 Å². The number of rotatable bonds is 5. The summed E-state index contributed by atoms with van der Waals surface area (Å²) < 4.78 is 0. The molecule has 4 fully saturated rings. The van der Waals surface area contributed by atoms with Crippen molar-refractivity contribution in [2.75, 3.05) is 0 Å². The summed E-state index contributed by atoms with van der Waals surface area (Å²) in [7, 11) is 0. The third-order valence-corrected chi connectivity index (χ3v) is 11.2. The van der Waals surface area contributed by atoms with Crippen LogP contribution in [0.4, 0.5) is 0 Å². The minimum atomic E-state index is 0.320. The molecule has 0 heterocycles. The van der Waals surface area contributed by atoms with Crippen molar-refractivity contribution in [1.82, 2.24) is 0 Å². The fourth-order valence-corrected chi connectivity index (χ4v) is 9.55. The molecule has 166 valence electrons. The lowest BCUT2D eigenvalue weighted by Crippen LogP contribution is -2.55.